The highest BCUT2D eigenvalue weighted by Gasteiger charge is 1.72. The fraction of sp³-hybridized carbons (Fsp3) is 0.429. The van der Waals surface area contributed by atoms with Crippen LogP contribution in [-0.2, 0) is 0 Å². The summed E-state index contributed by atoms with van der Waals surface area (Å²) in [7, 11) is 0. The van der Waals surface area contributed by atoms with E-state index in [9.17, 15) is 0 Å². The molecule has 0 radical (unpaired) electrons. The van der Waals surface area contributed by atoms with Gasteiger partial charge < -0.3 is 5.73 Å². The van der Waals surface area contributed by atoms with Gasteiger partial charge in [-0.3, -0.25) is 0 Å². The molecule has 0 fully saturated rings. The van der Waals surface area contributed by atoms with Crippen molar-refractivity contribution in [2.24, 2.45) is 5.73 Å². The Morgan fingerprint density at radius 1 is 1.62 bits per heavy atom. The minimum atomic E-state index is 1.07. The smallest absolute Gasteiger partial charge is 0.00327 e. The Kier molecular flexibility index (Phi) is 4.04. The third-order valence-corrected chi connectivity index (χ3v) is 0.879. The highest BCUT2D eigenvalue weighted by molar-refractivity contribution is 5.13. The van der Waals surface area contributed by atoms with Crippen LogP contribution in [-0.4, -0.2) is 0 Å². The second kappa shape index (κ2) is 4.44. The molecule has 0 bridgehead atoms. The number of hydrogen-bond acceptors (Lipinski definition) is 1. The van der Waals surface area contributed by atoms with Crippen LogP contribution in [0.25, 0.3) is 0 Å². The highest BCUT2D eigenvalue weighted by Crippen LogP contribution is 1.91. The van der Waals surface area contributed by atoms with Crippen molar-refractivity contribution >= 4 is 0 Å². The molecular weight excluding hydrogens is 98.1 g/mol. The maximum Gasteiger partial charge on any atom is -0.00327 e. The van der Waals surface area contributed by atoms with Crippen molar-refractivity contribution in [1.82, 2.24) is 0 Å². The van der Waals surface area contributed by atoms with Gasteiger partial charge in [-0.25, -0.2) is 0 Å². The quantitative estimate of drug-likeness (QED) is 0.540. The largest absolute Gasteiger partial charge is 0.404 e. The van der Waals surface area contributed by atoms with Crippen LogP contribution in [0, 0.1) is 0 Å². The summed E-state index contributed by atoms with van der Waals surface area (Å²) in [4.78, 5) is 0. The Morgan fingerprint density at radius 2 is 2.25 bits per heavy atom. The SMILES string of the molecule is CC/C=C\C(C)=C/N. The first-order chi connectivity index (χ1) is 3.81. The van der Waals surface area contributed by atoms with Crippen LogP contribution in [0.2, 0.25) is 0 Å². The summed E-state index contributed by atoms with van der Waals surface area (Å²) in [6.45, 7) is 4.08. The first-order valence-corrected chi connectivity index (χ1v) is 2.86. The maximum atomic E-state index is 5.20. The molecule has 0 atom stereocenters. The van der Waals surface area contributed by atoms with Gasteiger partial charge in [-0.1, -0.05) is 19.1 Å². The van der Waals surface area contributed by atoms with Gasteiger partial charge in [0.25, 0.3) is 0 Å². The maximum absolute atomic E-state index is 5.20. The van der Waals surface area contributed by atoms with E-state index < -0.39 is 0 Å². The first-order valence-electron chi connectivity index (χ1n) is 2.86. The predicted molar refractivity (Wildman–Crippen MR) is 37.4 cm³/mol. The normalized spacial score (nSPS) is 13.0. The summed E-state index contributed by atoms with van der Waals surface area (Å²) >= 11 is 0. The Hall–Kier alpha value is -0.720. The minimum Gasteiger partial charge on any atom is -0.404 e. The van der Waals surface area contributed by atoms with Crippen molar-refractivity contribution in [3.8, 4) is 0 Å². The van der Waals surface area contributed by atoms with E-state index in [1.807, 2.05) is 13.0 Å². The standard InChI is InChI=1S/C7H13N/c1-3-4-5-7(2)6-8/h4-6H,3,8H2,1-2H3/b5-4-,7-6-. The van der Waals surface area contributed by atoms with Crippen LogP contribution in [0.1, 0.15) is 20.3 Å². The summed E-state index contributed by atoms with van der Waals surface area (Å²) in [6, 6.07) is 0. The lowest BCUT2D eigenvalue weighted by molar-refractivity contribution is 1.21. The Bertz CT molecular complexity index is 101. The van der Waals surface area contributed by atoms with Gasteiger partial charge in [-0.05, 0) is 25.1 Å². The van der Waals surface area contributed by atoms with E-state index in [0.717, 1.165) is 12.0 Å². The van der Waals surface area contributed by atoms with Gasteiger partial charge in [-0.15, -0.1) is 0 Å². The molecule has 0 aromatic heterocycles. The van der Waals surface area contributed by atoms with Gasteiger partial charge >= 0.3 is 0 Å². The molecule has 0 aromatic carbocycles. The van der Waals surface area contributed by atoms with Crippen LogP contribution in [0.5, 0.6) is 0 Å². The van der Waals surface area contributed by atoms with Gasteiger partial charge in [0.05, 0.1) is 0 Å². The van der Waals surface area contributed by atoms with E-state index in [1.165, 1.54) is 0 Å². The summed E-state index contributed by atoms with van der Waals surface area (Å²) in [5, 5.41) is 0. The second-order valence-electron chi connectivity index (χ2n) is 1.72. The Morgan fingerprint density at radius 3 is 2.62 bits per heavy atom. The molecule has 0 aromatic rings. The summed E-state index contributed by atoms with van der Waals surface area (Å²) in [6.07, 6.45) is 6.77. The van der Waals surface area contributed by atoms with Crippen LogP contribution < -0.4 is 5.73 Å². The van der Waals surface area contributed by atoms with E-state index in [-0.39, 0.29) is 0 Å². The van der Waals surface area contributed by atoms with Crippen molar-refractivity contribution in [3.63, 3.8) is 0 Å². The van der Waals surface area contributed by atoms with Crippen molar-refractivity contribution < 1.29 is 0 Å². The van der Waals surface area contributed by atoms with Crippen molar-refractivity contribution in [2.45, 2.75) is 20.3 Å². The topological polar surface area (TPSA) is 26.0 Å². The first kappa shape index (κ1) is 7.28. The number of hydrogen-bond donors (Lipinski definition) is 1. The number of rotatable bonds is 2. The van der Waals surface area contributed by atoms with Crippen molar-refractivity contribution in [1.29, 1.82) is 0 Å². The average Bonchev–Trinajstić information content (AvgIpc) is 1.83. The molecule has 0 unspecified atom stereocenters. The van der Waals surface area contributed by atoms with Gasteiger partial charge in [-0.2, -0.15) is 0 Å². The van der Waals surface area contributed by atoms with E-state index in [2.05, 4.69) is 13.0 Å². The van der Waals surface area contributed by atoms with E-state index in [0.29, 0.717) is 0 Å². The molecule has 0 saturated heterocycles. The third-order valence-electron chi connectivity index (χ3n) is 0.879. The molecule has 1 nitrogen and oxygen atoms in total. The summed E-state index contributed by atoms with van der Waals surface area (Å²) in [5.74, 6) is 0. The number of nitrogens with two attached hydrogens (primary N) is 1. The highest BCUT2D eigenvalue weighted by atomic mass is 14.5. The van der Waals surface area contributed by atoms with E-state index >= 15 is 0 Å². The van der Waals surface area contributed by atoms with Crippen molar-refractivity contribution in [3.05, 3.63) is 23.9 Å². The Labute approximate surface area is 50.9 Å². The molecule has 0 aliphatic rings. The molecule has 8 heavy (non-hydrogen) atoms. The molecule has 0 heterocycles. The summed E-state index contributed by atoms with van der Waals surface area (Å²) < 4.78 is 0. The lowest BCUT2D eigenvalue weighted by Crippen LogP contribution is -1.79. The van der Waals surface area contributed by atoms with Crippen LogP contribution in [0.3, 0.4) is 0 Å². The fourth-order valence-corrected chi connectivity index (χ4v) is 0.359. The minimum absolute atomic E-state index is 1.07. The Balaban J connectivity index is 3.53. The van der Waals surface area contributed by atoms with Gasteiger partial charge in [0.15, 0.2) is 0 Å². The zero-order valence-electron chi connectivity index (χ0n) is 5.52. The lowest BCUT2D eigenvalue weighted by atomic mass is 10.3. The number of allylic oxidation sites excluding steroid dienone is 3. The molecule has 0 spiro atoms. The monoisotopic (exact) mass is 111 g/mol. The van der Waals surface area contributed by atoms with Gasteiger partial charge in [0, 0.05) is 0 Å². The average molecular weight is 111 g/mol. The molecule has 2 N–H and O–H groups in total. The molecule has 0 aliphatic carbocycles. The molecular formula is C7H13N. The van der Waals surface area contributed by atoms with Gasteiger partial charge in [0.1, 0.15) is 0 Å². The zero-order chi connectivity index (χ0) is 6.41. The molecule has 0 aliphatic heterocycles. The molecule has 1 heteroatoms. The molecule has 0 amide bonds. The van der Waals surface area contributed by atoms with Crippen LogP contribution in [0.4, 0.5) is 0 Å². The molecule has 0 rings (SSSR count). The van der Waals surface area contributed by atoms with Crippen LogP contribution in [0.15, 0.2) is 23.9 Å². The van der Waals surface area contributed by atoms with E-state index in [4.69, 9.17) is 5.73 Å². The summed E-state index contributed by atoms with van der Waals surface area (Å²) in [5.41, 5.74) is 6.32. The predicted octanol–water partition coefficient (Wildman–Crippen LogP) is 1.82. The van der Waals surface area contributed by atoms with Crippen molar-refractivity contribution in [2.75, 3.05) is 0 Å². The third kappa shape index (κ3) is 3.47. The second-order valence-corrected chi connectivity index (χ2v) is 1.72. The molecule has 46 valence electrons. The fourth-order valence-electron chi connectivity index (χ4n) is 0.359. The van der Waals surface area contributed by atoms with E-state index in [1.54, 1.807) is 6.20 Å². The van der Waals surface area contributed by atoms with Crippen LogP contribution >= 0.6 is 0 Å². The molecule has 0 saturated carbocycles. The van der Waals surface area contributed by atoms with Gasteiger partial charge in [0.2, 0.25) is 0 Å². The lowest BCUT2D eigenvalue weighted by Gasteiger charge is -1.84. The zero-order valence-corrected chi connectivity index (χ0v) is 5.52.